The Bertz CT molecular complexity index is 583. The van der Waals surface area contributed by atoms with Gasteiger partial charge in [0.05, 0.1) is 12.2 Å². The lowest BCUT2D eigenvalue weighted by molar-refractivity contribution is 0.0734. The minimum Gasteiger partial charge on any atom is -0.493 e. The van der Waals surface area contributed by atoms with Crippen LogP contribution in [0, 0.1) is 12.8 Å². The Morgan fingerprint density at radius 3 is 2.10 bits per heavy atom. The third-order valence-electron chi connectivity index (χ3n) is 2.90. The van der Waals surface area contributed by atoms with Gasteiger partial charge in [0.1, 0.15) is 11.5 Å². The number of aryl methyl sites for hydroxylation is 1. The summed E-state index contributed by atoms with van der Waals surface area (Å²) in [6.07, 6.45) is 0. The molecule has 0 spiro atoms. The second kappa shape index (κ2) is 6.93. The molecule has 3 nitrogen and oxygen atoms in total. The molecule has 0 heterocycles. The average Bonchev–Trinajstić information content (AvgIpc) is 2.48. The molecule has 2 aromatic rings. The van der Waals surface area contributed by atoms with Crippen LogP contribution >= 0.6 is 0 Å². The van der Waals surface area contributed by atoms with E-state index in [2.05, 4.69) is 13.8 Å². The molecule has 0 aliphatic rings. The predicted molar refractivity (Wildman–Crippen MR) is 82.9 cm³/mol. The lowest BCUT2D eigenvalue weighted by Crippen LogP contribution is -2.09. The van der Waals surface area contributed by atoms with E-state index in [1.165, 1.54) is 0 Å². The molecular formula is C18H20O3. The van der Waals surface area contributed by atoms with E-state index >= 15 is 0 Å². The van der Waals surface area contributed by atoms with Gasteiger partial charge in [-0.05, 0) is 49.2 Å². The Hall–Kier alpha value is -2.29. The Morgan fingerprint density at radius 1 is 0.952 bits per heavy atom. The first-order valence-electron chi connectivity index (χ1n) is 7.06. The van der Waals surface area contributed by atoms with Crippen molar-refractivity contribution in [2.75, 3.05) is 6.61 Å². The maximum absolute atomic E-state index is 12.0. The van der Waals surface area contributed by atoms with Gasteiger partial charge in [-0.2, -0.15) is 0 Å². The summed E-state index contributed by atoms with van der Waals surface area (Å²) in [5.74, 6) is 1.41. The number of benzene rings is 2. The average molecular weight is 284 g/mol. The summed E-state index contributed by atoms with van der Waals surface area (Å²) in [7, 11) is 0. The first-order valence-corrected chi connectivity index (χ1v) is 7.06. The summed E-state index contributed by atoms with van der Waals surface area (Å²) in [5.41, 5.74) is 1.63. The van der Waals surface area contributed by atoms with Crippen molar-refractivity contribution in [2.45, 2.75) is 20.8 Å². The summed E-state index contributed by atoms with van der Waals surface area (Å²) in [6, 6.07) is 14.4. The summed E-state index contributed by atoms with van der Waals surface area (Å²) >= 11 is 0. The zero-order valence-electron chi connectivity index (χ0n) is 12.6. The van der Waals surface area contributed by atoms with Crippen molar-refractivity contribution in [3.63, 3.8) is 0 Å². The Morgan fingerprint density at radius 2 is 1.52 bits per heavy atom. The summed E-state index contributed by atoms with van der Waals surface area (Å²) in [6.45, 7) is 6.83. The summed E-state index contributed by atoms with van der Waals surface area (Å²) < 4.78 is 10.9. The van der Waals surface area contributed by atoms with Crippen LogP contribution in [-0.2, 0) is 0 Å². The van der Waals surface area contributed by atoms with Crippen LogP contribution in [0.2, 0.25) is 0 Å². The lowest BCUT2D eigenvalue weighted by atomic mass is 10.2. The smallest absolute Gasteiger partial charge is 0.343 e. The number of carbonyl (C=O) groups is 1. The monoisotopic (exact) mass is 284 g/mol. The zero-order valence-corrected chi connectivity index (χ0v) is 12.6. The van der Waals surface area contributed by atoms with E-state index in [9.17, 15) is 4.79 Å². The van der Waals surface area contributed by atoms with Crippen molar-refractivity contribution in [3.05, 3.63) is 59.7 Å². The van der Waals surface area contributed by atoms with Crippen molar-refractivity contribution in [2.24, 2.45) is 5.92 Å². The van der Waals surface area contributed by atoms with Gasteiger partial charge in [-0.1, -0.05) is 31.5 Å². The van der Waals surface area contributed by atoms with Gasteiger partial charge in [0, 0.05) is 0 Å². The molecule has 21 heavy (non-hydrogen) atoms. The second-order valence-corrected chi connectivity index (χ2v) is 5.43. The quantitative estimate of drug-likeness (QED) is 0.608. The molecular weight excluding hydrogens is 264 g/mol. The molecule has 3 heteroatoms. The molecule has 0 atom stereocenters. The van der Waals surface area contributed by atoms with Gasteiger partial charge in [0.15, 0.2) is 0 Å². The van der Waals surface area contributed by atoms with Crippen LogP contribution in [0.4, 0.5) is 0 Å². The first kappa shape index (κ1) is 15.1. The van der Waals surface area contributed by atoms with Gasteiger partial charge in [0.2, 0.25) is 0 Å². The fraction of sp³-hybridized carbons (Fsp3) is 0.278. The number of hydrogen-bond donors (Lipinski definition) is 0. The number of carbonyl (C=O) groups excluding carboxylic acids is 1. The highest BCUT2D eigenvalue weighted by Gasteiger charge is 2.08. The Labute approximate surface area is 125 Å². The van der Waals surface area contributed by atoms with Gasteiger partial charge in [-0.25, -0.2) is 4.79 Å². The normalized spacial score (nSPS) is 10.5. The largest absolute Gasteiger partial charge is 0.493 e. The van der Waals surface area contributed by atoms with Crippen molar-refractivity contribution < 1.29 is 14.3 Å². The third-order valence-corrected chi connectivity index (χ3v) is 2.90. The van der Waals surface area contributed by atoms with E-state index < -0.39 is 0 Å². The van der Waals surface area contributed by atoms with Crippen molar-refractivity contribution in [1.82, 2.24) is 0 Å². The van der Waals surface area contributed by atoms with E-state index in [0.29, 0.717) is 23.8 Å². The van der Waals surface area contributed by atoms with Crippen LogP contribution in [0.15, 0.2) is 48.5 Å². The fourth-order valence-electron chi connectivity index (χ4n) is 1.72. The van der Waals surface area contributed by atoms with Crippen molar-refractivity contribution >= 4 is 5.97 Å². The van der Waals surface area contributed by atoms with Crippen LogP contribution in [-0.4, -0.2) is 12.6 Å². The third kappa shape index (κ3) is 4.63. The molecule has 2 rings (SSSR count). The fourth-order valence-corrected chi connectivity index (χ4v) is 1.72. The van der Waals surface area contributed by atoms with Crippen molar-refractivity contribution in [3.8, 4) is 11.5 Å². The standard InChI is InChI=1S/C18H20O3/c1-13(2)12-20-16-10-6-15(7-11-16)18(19)21-17-8-4-14(3)5-9-17/h4-11,13H,12H2,1-3H3. The van der Waals surface area contributed by atoms with Crippen molar-refractivity contribution in [1.29, 1.82) is 0 Å². The summed E-state index contributed by atoms with van der Waals surface area (Å²) in [5, 5.41) is 0. The molecule has 0 saturated carbocycles. The molecule has 0 amide bonds. The van der Waals surface area contributed by atoms with E-state index in [-0.39, 0.29) is 5.97 Å². The summed E-state index contributed by atoms with van der Waals surface area (Å²) in [4.78, 5) is 12.0. The van der Waals surface area contributed by atoms with Crippen LogP contribution in [0.25, 0.3) is 0 Å². The van der Waals surface area contributed by atoms with Crippen LogP contribution in [0.1, 0.15) is 29.8 Å². The Balaban J connectivity index is 1.97. The van der Waals surface area contributed by atoms with Crippen LogP contribution < -0.4 is 9.47 Å². The minimum absolute atomic E-state index is 0.366. The molecule has 2 aromatic carbocycles. The number of ether oxygens (including phenoxy) is 2. The number of hydrogen-bond acceptors (Lipinski definition) is 3. The van der Waals surface area contributed by atoms with Gasteiger partial charge >= 0.3 is 5.97 Å². The Kier molecular flexibility index (Phi) is 4.99. The van der Waals surface area contributed by atoms with E-state index in [4.69, 9.17) is 9.47 Å². The predicted octanol–water partition coefficient (Wildman–Crippen LogP) is 4.25. The molecule has 0 unspecified atom stereocenters. The van der Waals surface area contributed by atoms with Gasteiger partial charge < -0.3 is 9.47 Å². The number of rotatable bonds is 5. The highest BCUT2D eigenvalue weighted by molar-refractivity contribution is 5.91. The van der Waals surface area contributed by atoms with E-state index in [1.54, 1.807) is 36.4 Å². The molecule has 0 fully saturated rings. The SMILES string of the molecule is Cc1ccc(OC(=O)c2ccc(OCC(C)C)cc2)cc1. The van der Waals surface area contributed by atoms with E-state index in [1.807, 2.05) is 19.1 Å². The first-order chi connectivity index (χ1) is 10.0. The molecule has 110 valence electrons. The van der Waals surface area contributed by atoms with Gasteiger partial charge in [-0.3, -0.25) is 0 Å². The second-order valence-electron chi connectivity index (χ2n) is 5.43. The molecule has 0 aromatic heterocycles. The maximum Gasteiger partial charge on any atom is 0.343 e. The molecule has 0 radical (unpaired) electrons. The molecule has 0 aliphatic carbocycles. The zero-order chi connectivity index (χ0) is 15.2. The lowest BCUT2D eigenvalue weighted by Gasteiger charge is -2.09. The highest BCUT2D eigenvalue weighted by Crippen LogP contribution is 2.17. The molecule has 0 saturated heterocycles. The topological polar surface area (TPSA) is 35.5 Å². The minimum atomic E-state index is -0.366. The maximum atomic E-state index is 12.0. The van der Waals surface area contributed by atoms with Crippen LogP contribution in [0.5, 0.6) is 11.5 Å². The highest BCUT2D eigenvalue weighted by atomic mass is 16.5. The number of esters is 1. The van der Waals surface area contributed by atoms with Gasteiger partial charge in [0.25, 0.3) is 0 Å². The van der Waals surface area contributed by atoms with Gasteiger partial charge in [-0.15, -0.1) is 0 Å². The molecule has 0 N–H and O–H groups in total. The molecule has 0 aliphatic heterocycles. The van der Waals surface area contributed by atoms with E-state index in [0.717, 1.165) is 11.3 Å². The molecule has 0 bridgehead atoms. The van der Waals surface area contributed by atoms with Crippen LogP contribution in [0.3, 0.4) is 0 Å².